The van der Waals surface area contributed by atoms with Crippen molar-refractivity contribution in [1.29, 1.82) is 0 Å². The van der Waals surface area contributed by atoms with Crippen molar-refractivity contribution in [2.24, 2.45) is 0 Å². The summed E-state index contributed by atoms with van der Waals surface area (Å²) in [6.45, 7) is 1.96. The average Bonchev–Trinajstić information content (AvgIpc) is 2.82. The van der Waals surface area contributed by atoms with Crippen molar-refractivity contribution >= 4 is 35.6 Å². The van der Waals surface area contributed by atoms with Gasteiger partial charge in [0.2, 0.25) is 0 Å². The highest BCUT2D eigenvalue weighted by Crippen LogP contribution is 2.26. The molecule has 0 aromatic heterocycles. The molecule has 1 fully saturated rings. The topological polar surface area (TPSA) is 113 Å². The van der Waals surface area contributed by atoms with Gasteiger partial charge in [-0.25, -0.2) is 14.5 Å². The van der Waals surface area contributed by atoms with E-state index < -0.39 is 23.8 Å². The normalized spacial score (nSPS) is 14.8. The molecule has 1 aliphatic rings. The molecule has 1 aliphatic heterocycles. The van der Waals surface area contributed by atoms with E-state index in [2.05, 4.69) is 5.32 Å². The van der Waals surface area contributed by atoms with Crippen molar-refractivity contribution in [2.75, 3.05) is 4.90 Å². The molecule has 0 aliphatic carbocycles. The molecule has 0 bridgehead atoms. The quantitative estimate of drug-likeness (QED) is 0.429. The summed E-state index contributed by atoms with van der Waals surface area (Å²) >= 11 is 0. The largest absolute Gasteiger partial charge is 0.488 e. The summed E-state index contributed by atoms with van der Waals surface area (Å²) in [5, 5.41) is 11.4. The Morgan fingerprint density at radius 2 is 1.74 bits per heavy atom. The number of ether oxygens (including phenoxy) is 1. The van der Waals surface area contributed by atoms with E-state index in [-0.39, 0.29) is 17.7 Å². The summed E-state index contributed by atoms with van der Waals surface area (Å²) < 4.78 is 5.85. The molecule has 3 aromatic rings. The number of benzene rings is 3. The number of para-hydroxylation sites is 1. The number of anilines is 1. The lowest BCUT2D eigenvalue weighted by atomic mass is 10.1. The second-order valence-corrected chi connectivity index (χ2v) is 7.63. The summed E-state index contributed by atoms with van der Waals surface area (Å²) in [4.78, 5) is 50.1. The van der Waals surface area contributed by atoms with E-state index in [0.717, 1.165) is 10.5 Å². The molecule has 8 nitrogen and oxygen atoms in total. The van der Waals surface area contributed by atoms with Gasteiger partial charge in [0.25, 0.3) is 11.8 Å². The predicted molar refractivity (Wildman–Crippen MR) is 124 cm³/mol. The number of hydrogen-bond acceptors (Lipinski definition) is 5. The number of carboxylic acid groups (broad SMARTS) is 1. The van der Waals surface area contributed by atoms with Crippen molar-refractivity contribution in [1.82, 2.24) is 5.32 Å². The zero-order valence-electron chi connectivity index (χ0n) is 18.1. The average molecular weight is 456 g/mol. The number of aryl methyl sites for hydroxylation is 1. The highest BCUT2D eigenvalue weighted by Gasteiger charge is 2.36. The van der Waals surface area contributed by atoms with Gasteiger partial charge >= 0.3 is 12.0 Å². The number of amides is 4. The highest BCUT2D eigenvalue weighted by molar-refractivity contribution is 6.39. The summed E-state index contributed by atoms with van der Waals surface area (Å²) in [5.41, 5.74) is 2.32. The molecule has 4 amide bonds. The number of rotatable bonds is 6. The Labute approximate surface area is 195 Å². The van der Waals surface area contributed by atoms with Crippen LogP contribution in [0.25, 0.3) is 6.08 Å². The fourth-order valence-corrected chi connectivity index (χ4v) is 3.43. The van der Waals surface area contributed by atoms with Crippen LogP contribution in [0.2, 0.25) is 0 Å². The van der Waals surface area contributed by atoms with Crippen LogP contribution in [-0.2, 0) is 16.2 Å². The second-order valence-electron chi connectivity index (χ2n) is 7.63. The van der Waals surface area contributed by atoms with Crippen molar-refractivity contribution in [2.45, 2.75) is 13.5 Å². The molecule has 1 saturated heterocycles. The maximum absolute atomic E-state index is 13.1. The number of hydrogen-bond donors (Lipinski definition) is 2. The standard InChI is InChI=1S/C26H20N2O6/c1-16-9-11-20(12-10-16)28-24(30)21(23(29)27-26(28)33)14-18-6-2-3-8-22(18)34-15-17-5-4-7-19(13-17)25(31)32/h2-14H,15H2,1H3,(H,31,32)(H,27,29,33)/b21-14-. The van der Waals surface area contributed by atoms with Gasteiger partial charge in [0.1, 0.15) is 17.9 Å². The molecule has 0 spiro atoms. The molecule has 4 rings (SSSR count). The third-order valence-electron chi connectivity index (χ3n) is 5.18. The van der Waals surface area contributed by atoms with Gasteiger partial charge in [0.05, 0.1) is 11.3 Å². The Kier molecular flexibility index (Phi) is 6.22. The molecule has 0 unspecified atom stereocenters. The molecule has 34 heavy (non-hydrogen) atoms. The van der Waals surface area contributed by atoms with Crippen LogP contribution in [0, 0.1) is 6.92 Å². The number of aromatic carboxylic acids is 1. The molecule has 8 heteroatoms. The monoisotopic (exact) mass is 456 g/mol. The smallest absolute Gasteiger partial charge is 0.335 e. The number of urea groups is 1. The number of nitrogens with zero attached hydrogens (tertiary/aromatic N) is 1. The minimum atomic E-state index is -1.04. The van der Waals surface area contributed by atoms with E-state index in [0.29, 0.717) is 22.6 Å². The van der Waals surface area contributed by atoms with E-state index in [1.165, 1.54) is 18.2 Å². The van der Waals surface area contributed by atoms with Gasteiger partial charge in [-0.05, 0) is 48.9 Å². The number of imide groups is 2. The van der Waals surface area contributed by atoms with Gasteiger partial charge in [-0.15, -0.1) is 0 Å². The maximum Gasteiger partial charge on any atom is 0.335 e. The summed E-state index contributed by atoms with van der Waals surface area (Å²) in [7, 11) is 0. The Bertz CT molecular complexity index is 1330. The number of nitrogens with one attached hydrogen (secondary N) is 1. The van der Waals surface area contributed by atoms with E-state index in [1.807, 2.05) is 6.92 Å². The fraction of sp³-hybridized carbons (Fsp3) is 0.0769. The predicted octanol–water partition coefficient (Wildman–Crippen LogP) is 3.94. The Morgan fingerprint density at radius 3 is 2.47 bits per heavy atom. The first-order valence-corrected chi connectivity index (χ1v) is 10.4. The van der Waals surface area contributed by atoms with E-state index in [4.69, 9.17) is 9.84 Å². The first-order valence-electron chi connectivity index (χ1n) is 10.4. The third-order valence-corrected chi connectivity index (χ3v) is 5.18. The van der Waals surface area contributed by atoms with E-state index in [9.17, 15) is 19.2 Å². The lowest BCUT2D eigenvalue weighted by Gasteiger charge is -2.26. The van der Waals surface area contributed by atoms with E-state index >= 15 is 0 Å². The van der Waals surface area contributed by atoms with Gasteiger partial charge in [-0.1, -0.05) is 48.0 Å². The Morgan fingerprint density at radius 1 is 1.00 bits per heavy atom. The Balaban J connectivity index is 1.62. The van der Waals surface area contributed by atoms with Crippen LogP contribution >= 0.6 is 0 Å². The van der Waals surface area contributed by atoms with Crippen LogP contribution < -0.4 is 15.0 Å². The summed E-state index contributed by atoms with van der Waals surface area (Å²) in [6.07, 6.45) is 1.37. The Hall–Kier alpha value is -4.72. The molecule has 2 N–H and O–H groups in total. The number of barbiturate groups is 1. The van der Waals surface area contributed by atoms with Crippen LogP contribution in [0.15, 0.2) is 78.4 Å². The molecule has 0 radical (unpaired) electrons. The molecule has 0 atom stereocenters. The number of carbonyl (C=O) groups excluding carboxylic acids is 3. The van der Waals surface area contributed by atoms with Crippen LogP contribution in [0.5, 0.6) is 5.75 Å². The zero-order valence-corrected chi connectivity index (χ0v) is 18.1. The van der Waals surface area contributed by atoms with Crippen molar-refractivity contribution in [3.05, 3.63) is 101 Å². The minimum absolute atomic E-state index is 0.0788. The molecule has 0 saturated carbocycles. The minimum Gasteiger partial charge on any atom is -0.488 e. The lowest BCUT2D eigenvalue weighted by molar-refractivity contribution is -0.122. The zero-order chi connectivity index (χ0) is 24.2. The molecule has 170 valence electrons. The third kappa shape index (κ3) is 4.71. The molecular formula is C26H20N2O6. The van der Waals surface area contributed by atoms with Gasteiger partial charge in [0.15, 0.2) is 0 Å². The number of carboxylic acids is 1. The van der Waals surface area contributed by atoms with Crippen molar-refractivity contribution in [3.8, 4) is 5.75 Å². The van der Waals surface area contributed by atoms with Gasteiger partial charge in [-0.2, -0.15) is 0 Å². The lowest BCUT2D eigenvalue weighted by Crippen LogP contribution is -2.54. The summed E-state index contributed by atoms with van der Waals surface area (Å²) in [5.74, 6) is -2.21. The van der Waals surface area contributed by atoms with Crippen molar-refractivity contribution < 1.29 is 29.0 Å². The second kappa shape index (κ2) is 9.41. The van der Waals surface area contributed by atoms with Gasteiger partial charge in [0, 0.05) is 5.56 Å². The maximum atomic E-state index is 13.1. The van der Waals surface area contributed by atoms with Gasteiger partial charge in [-0.3, -0.25) is 14.9 Å². The highest BCUT2D eigenvalue weighted by atomic mass is 16.5. The van der Waals surface area contributed by atoms with Crippen LogP contribution in [0.4, 0.5) is 10.5 Å². The number of carbonyl (C=O) groups is 4. The summed E-state index contributed by atoms with van der Waals surface area (Å²) in [6, 6.07) is 19.1. The van der Waals surface area contributed by atoms with Crippen LogP contribution in [-0.4, -0.2) is 28.9 Å². The molecule has 1 heterocycles. The van der Waals surface area contributed by atoms with E-state index in [1.54, 1.807) is 60.7 Å². The van der Waals surface area contributed by atoms with Crippen LogP contribution in [0.3, 0.4) is 0 Å². The van der Waals surface area contributed by atoms with Crippen LogP contribution in [0.1, 0.15) is 27.0 Å². The SMILES string of the molecule is Cc1ccc(N2C(=O)NC(=O)/C(=C/c3ccccc3OCc3cccc(C(=O)O)c3)C2=O)cc1. The van der Waals surface area contributed by atoms with Gasteiger partial charge < -0.3 is 9.84 Å². The van der Waals surface area contributed by atoms with Crippen molar-refractivity contribution in [3.63, 3.8) is 0 Å². The fourth-order valence-electron chi connectivity index (χ4n) is 3.43. The molecule has 3 aromatic carbocycles. The molecular weight excluding hydrogens is 436 g/mol. The first kappa shape index (κ1) is 22.5. The first-order chi connectivity index (χ1) is 16.3.